The first kappa shape index (κ1) is 20.3. The Kier molecular flexibility index (Phi) is 8.61. The highest BCUT2D eigenvalue weighted by atomic mass is 35.5. The molecule has 1 atom stereocenters. The molecule has 0 aromatic heterocycles. The van der Waals surface area contributed by atoms with Crippen molar-refractivity contribution in [3.63, 3.8) is 0 Å². The summed E-state index contributed by atoms with van der Waals surface area (Å²) in [5.74, 6) is 0.734. The van der Waals surface area contributed by atoms with E-state index in [2.05, 4.69) is 0 Å². The van der Waals surface area contributed by atoms with Gasteiger partial charge in [0, 0.05) is 24.5 Å². The molecule has 2 aromatic rings. The maximum Gasteiger partial charge on any atom is 0.224 e. The highest BCUT2D eigenvalue weighted by molar-refractivity contribution is 6.30. The number of nitrogens with two attached hydrogens (primary N) is 1. The normalized spacial score (nSPS) is 11.3. The molecule has 2 aromatic carbocycles. The molecule has 0 saturated heterocycles. The lowest BCUT2D eigenvalue weighted by atomic mass is 10.0. The van der Waals surface area contributed by atoms with Crippen LogP contribution < -0.4 is 10.5 Å². The molecule has 0 fully saturated rings. The maximum absolute atomic E-state index is 12.2. The predicted molar refractivity (Wildman–Crippen MR) is 99.8 cm³/mol. The fraction of sp³-hybridized carbons (Fsp3) is 0.278. The summed E-state index contributed by atoms with van der Waals surface area (Å²) in [6.45, 7) is 0.924. The van der Waals surface area contributed by atoms with Crippen LogP contribution in [-0.4, -0.2) is 31.0 Å². The van der Waals surface area contributed by atoms with Crippen LogP contribution in [0.4, 0.5) is 0 Å². The summed E-state index contributed by atoms with van der Waals surface area (Å²) in [6, 6.07) is 16.5. The lowest BCUT2D eigenvalue weighted by Gasteiger charge is -2.20. The third-order valence-corrected chi connectivity index (χ3v) is 3.81. The zero-order valence-corrected chi connectivity index (χ0v) is 15.1. The molecule has 2 N–H and O–H groups in total. The molecule has 24 heavy (non-hydrogen) atoms. The number of likely N-dealkylation sites (N-methyl/N-ethyl adjacent to an activating group) is 1. The fourth-order valence-electron chi connectivity index (χ4n) is 2.12. The summed E-state index contributed by atoms with van der Waals surface area (Å²) in [5.41, 5.74) is 7.04. The van der Waals surface area contributed by atoms with Crippen molar-refractivity contribution in [1.29, 1.82) is 0 Å². The number of hydrogen-bond donors (Lipinski definition) is 1. The van der Waals surface area contributed by atoms with Gasteiger partial charge in [-0.15, -0.1) is 12.4 Å². The van der Waals surface area contributed by atoms with Gasteiger partial charge in [-0.3, -0.25) is 4.79 Å². The van der Waals surface area contributed by atoms with Gasteiger partial charge < -0.3 is 15.4 Å². The number of nitrogens with zero attached hydrogens (tertiary/aromatic N) is 1. The van der Waals surface area contributed by atoms with E-state index in [9.17, 15) is 4.79 Å². The molecular formula is C18H22Cl2N2O2. The highest BCUT2D eigenvalue weighted by Gasteiger charge is 2.15. The molecule has 0 radical (unpaired) electrons. The van der Waals surface area contributed by atoms with Crippen molar-refractivity contribution in [2.24, 2.45) is 5.73 Å². The van der Waals surface area contributed by atoms with Crippen LogP contribution in [0.1, 0.15) is 18.0 Å². The average molecular weight is 369 g/mol. The topological polar surface area (TPSA) is 55.6 Å². The lowest BCUT2D eigenvalue weighted by molar-refractivity contribution is -0.130. The van der Waals surface area contributed by atoms with Crippen molar-refractivity contribution < 1.29 is 9.53 Å². The number of carbonyl (C=O) groups is 1. The third-order valence-electron chi connectivity index (χ3n) is 3.56. The second-order valence-corrected chi connectivity index (χ2v) is 5.78. The van der Waals surface area contributed by atoms with Gasteiger partial charge in [0.1, 0.15) is 12.4 Å². The standard InChI is InChI=1S/C18H21ClN2O2.ClH/c1-21(11-12-23-16-9-7-15(19)8-10-16)18(22)13-17(20)14-5-3-2-4-6-14;/h2-10,17H,11-13,20H2,1H3;1H. The fourth-order valence-corrected chi connectivity index (χ4v) is 2.24. The third kappa shape index (κ3) is 6.40. The number of ether oxygens (including phenoxy) is 1. The number of carbonyl (C=O) groups excluding carboxylic acids is 1. The Morgan fingerprint density at radius 2 is 1.79 bits per heavy atom. The molecule has 4 nitrogen and oxygen atoms in total. The Hall–Kier alpha value is -1.75. The van der Waals surface area contributed by atoms with Crippen LogP contribution in [0.25, 0.3) is 0 Å². The van der Waals surface area contributed by atoms with Gasteiger partial charge in [-0.25, -0.2) is 0 Å². The summed E-state index contributed by atoms with van der Waals surface area (Å²) in [6.07, 6.45) is 0.279. The monoisotopic (exact) mass is 368 g/mol. The minimum Gasteiger partial charge on any atom is -0.492 e. The van der Waals surface area contributed by atoms with E-state index in [1.54, 1.807) is 36.2 Å². The zero-order valence-electron chi connectivity index (χ0n) is 13.5. The molecule has 0 aliphatic carbocycles. The summed E-state index contributed by atoms with van der Waals surface area (Å²) < 4.78 is 5.59. The minimum atomic E-state index is -0.289. The largest absolute Gasteiger partial charge is 0.492 e. The van der Waals surface area contributed by atoms with Crippen LogP contribution in [-0.2, 0) is 4.79 Å². The van der Waals surface area contributed by atoms with E-state index in [0.29, 0.717) is 18.2 Å². The summed E-state index contributed by atoms with van der Waals surface area (Å²) in [4.78, 5) is 13.8. The first-order valence-corrected chi connectivity index (χ1v) is 7.87. The Bertz CT molecular complexity index is 621. The van der Waals surface area contributed by atoms with Crippen molar-refractivity contribution in [1.82, 2.24) is 4.90 Å². The molecule has 0 aliphatic heterocycles. The molecule has 2 rings (SSSR count). The van der Waals surface area contributed by atoms with E-state index in [-0.39, 0.29) is 30.8 Å². The smallest absolute Gasteiger partial charge is 0.224 e. The number of benzene rings is 2. The number of halogens is 2. The molecule has 0 aliphatic rings. The molecular weight excluding hydrogens is 347 g/mol. The second kappa shape index (κ2) is 10.2. The van der Waals surface area contributed by atoms with Gasteiger partial charge in [0.05, 0.1) is 6.54 Å². The van der Waals surface area contributed by atoms with Gasteiger partial charge in [0.25, 0.3) is 0 Å². The van der Waals surface area contributed by atoms with Crippen LogP contribution in [0, 0.1) is 0 Å². The summed E-state index contributed by atoms with van der Waals surface area (Å²) in [7, 11) is 1.76. The van der Waals surface area contributed by atoms with Crippen molar-refractivity contribution in [3.8, 4) is 5.75 Å². The molecule has 130 valence electrons. The highest BCUT2D eigenvalue weighted by Crippen LogP contribution is 2.16. The molecule has 0 heterocycles. The average Bonchev–Trinajstić information content (AvgIpc) is 2.57. The lowest BCUT2D eigenvalue weighted by Crippen LogP contribution is -2.33. The van der Waals surface area contributed by atoms with Gasteiger partial charge in [0.15, 0.2) is 0 Å². The summed E-state index contributed by atoms with van der Waals surface area (Å²) in [5, 5.41) is 0.666. The number of amides is 1. The van der Waals surface area contributed by atoms with E-state index in [1.165, 1.54) is 0 Å². The Balaban J connectivity index is 0.00000288. The van der Waals surface area contributed by atoms with E-state index in [4.69, 9.17) is 22.1 Å². The van der Waals surface area contributed by atoms with Gasteiger partial charge >= 0.3 is 0 Å². The van der Waals surface area contributed by atoms with E-state index >= 15 is 0 Å². The zero-order chi connectivity index (χ0) is 16.7. The minimum absolute atomic E-state index is 0. The van der Waals surface area contributed by atoms with Crippen LogP contribution >= 0.6 is 24.0 Å². The maximum atomic E-state index is 12.2. The van der Waals surface area contributed by atoms with E-state index in [0.717, 1.165) is 11.3 Å². The van der Waals surface area contributed by atoms with E-state index in [1.807, 2.05) is 30.3 Å². The molecule has 0 saturated carbocycles. The van der Waals surface area contributed by atoms with Crippen molar-refractivity contribution in [2.45, 2.75) is 12.5 Å². The van der Waals surface area contributed by atoms with Crippen LogP contribution in [0.5, 0.6) is 5.75 Å². The van der Waals surface area contributed by atoms with Gasteiger partial charge in [-0.2, -0.15) is 0 Å². The van der Waals surface area contributed by atoms with Crippen molar-refractivity contribution in [3.05, 3.63) is 65.2 Å². The Labute approximate surface area is 154 Å². The molecule has 1 amide bonds. The van der Waals surface area contributed by atoms with Gasteiger partial charge in [-0.05, 0) is 29.8 Å². The van der Waals surface area contributed by atoms with Crippen molar-refractivity contribution >= 4 is 29.9 Å². The van der Waals surface area contributed by atoms with Gasteiger partial charge in [0.2, 0.25) is 5.91 Å². The van der Waals surface area contributed by atoms with Crippen LogP contribution in [0.15, 0.2) is 54.6 Å². The molecule has 0 spiro atoms. The Morgan fingerprint density at radius 1 is 1.17 bits per heavy atom. The Morgan fingerprint density at radius 3 is 2.42 bits per heavy atom. The predicted octanol–water partition coefficient (Wildman–Crippen LogP) is 3.69. The first-order valence-electron chi connectivity index (χ1n) is 7.49. The molecule has 1 unspecified atom stereocenters. The molecule has 0 bridgehead atoms. The van der Waals surface area contributed by atoms with Gasteiger partial charge in [-0.1, -0.05) is 41.9 Å². The first-order chi connectivity index (χ1) is 11.1. The van der Waals surface area contributed by atoms with E-state index < -0.39 is 0 Å². The van der Waals surface area contributed by atoms with Crippen LogP contribution in [0.2, 0.25) is 5.02 Å². The number of hydrogen-bond acceptors (Lipinski definition) is 3. The van der Waals surface area contributed by atoms with Crippen molar-refractivity contribution in [2.75, 3.05) is 20.2 Å². The van der Waals surface area contributed by atoms with Crippen LogP contribution in [0.3, 0.4) is 0 Å². The summed E-state index contributed by atoms with van der Waals surface area (Å²) >= 11 is 5.82. The number of rotatable bonds is 7. The quantitative estimate of drug-likeness (QED) is 0.810. The SMILES string of the molecule is CN(CCOc1ccc(Cl)cc1)C(=O)CC(N)c1ccccc1.Cl. The second-order valence-electron chi connectivity index (χ2n) is 5.34. The molecule has 6 heteroatoms.